The Hall–Kier alpha value is -3.31. The standard InChI is InChI=1S/C21H20F7N3O2/c1-11-8-14(19(22,20(23,24)25)21(26,27)28)9-12(2)17(11)31(7-6-16(30)32)18(33)13-4-3-5-15(29)10-13/h3-5,8-10H,6-7,29H2,1-2H3,(H2,30,32). The van der Waals surface area contributed by atoms with Gasteiger partial charge in [-0.25, -0.2) is 4.39 Å². The van der Waals surface area contributed by atoms with E-state index in [0.29, 0.717) is 12.1 Å². The summed E-state index contributed by atoms with van der Waals surface area (Å²) in [6.45, 7) is 1.93. The van der Waals surface area contributed by atoms with E-state index in [1.165, 1.54) is 24.3 Å². The molecule has 0 spiro atoms. The number of benzene rings is 2. The number of carbonyl (C=O) groups is 2. The van der Waals surface area contributed by atoms with E-state index in [4.69, 9.17) is 11.5 Å². The molecule has 12 heteroatoms. The fourth-order valence-corrected chi connectivity index (χ4v) is 3.43. The topological polar surface area (TPSA) is 89.4 Å². The quantitative estimate of drug-likeness (QED) is 0.465. The smallest absolute Gasteiger partial charge is 0.399 e. The Balaban J connectivity index is 2.68. The highest BCUT2D eigenvalue weighted by atomic mass is 19.4. The maximum absolute atomic E-state index is 14.5. The number of anilines is 2. The summed E-state index contributed by atoms with van der Waals surface area (Å²) in [5.41, 5.74) is 3.20. The number of aryl methyl sites for hydroxylation is 2. The molecule has 4 N–H and O–H groups in total. The molecule has 0 aliphatic rings. The summed E-state index contributed by atoms with van der Waals surface area (Å²) in [6.07, 6.45) is -12.9. The van der Waals surface area contributed by atoms with E-state index >= 15 is 0 Å². The molecule has 2 aromatic rings. The summed E-state index contributed by atoms with van der Waals surface area (Å²) >= 11 is 0. The molecule has 2 rings (SSSR count). The molecular formula is C21H20F7N3O2. The van der Waals surface area contributed by atoms with Gasteiger partial charge in [-0.1, -0.05) is 18.2 Å². The largest absolute Gasteiger partial charge is 0.435 e. The number of nitrogens with zero attached hydrogens (tertiary/aromatic N) is 1. The van der Waals surface area contributed by atoms with Crippen molar-refractivity contribution in [1.82, 2.24) is 0 Å². The second-order valence-electron chi connectivity index (χ2n) is 7.41. The monoisotopic (exact) mass is 479 g/mol. The van der Waals surface area contributed by atoms with Gasteiger partial charge in [0.2, 0.25) is 5.91 Å². The van der Waals surface area contributed by atoms with Gasteiger partial charge >= 0.3 is 18.0 Å². The van der Waals surface area contributed by atoms with Crippen LogP contribution in [0.3, 0.4) is 0 Å². The number of primary amides is 1. The van der Waals surface area contributed by atoms with Crippen LogP contribution in [-0.2, 0) is 10.5 Å². The lowest BCUT2D eigenvalue weighted by Crippen LogP contribution is -2.50. The van der Waals surface area contributed by atoms with E-state index in [-0.39, 0.29) is 41.0 Å². The van der Waals surface area contributed by atoms with Gasteiger partial charge < -0.3 is 16.4 Å². The van der Waals surface area contributed by atoms with Gasteiger partial charge in [0.1, 0.15) is 0 Å². The molecule has 2 amide bonds. The number of amides is 2. The minimum atomic E-state index is -6.28. The molecule has 0 aliphatic heterocycles. The van der Waals surface area contributed by atoms with E-state index in [9.17, 15) is 40.3 Å². The molecule has 0 radical (unpaired) electrons. The Morgan fingerprint density at radius 1 is 0.909 bits per heavy atom. The molecule has 0 saturated heterocycles. The number of rotatable bonds is 6. The maximum atomic E-state index is 14.5. The van der Waals surface area contributed by atoms with Crippen molar-refractivity contribution in [3.63, 3.8) is 0 Å². The minimum Gasteiger partial charge on any atom is -0.399 e. The highest BCUT2D eigenvalue weighted by Crippen LogP contribution is 2.54. The molecule has 0 heterocycles. The average Bonchev–Trinajstić information content (AvgIpc) is 2.66. The fourth-order valence-electron chi connectivity index (χ4n) is 3.43. The normalized spacial score (nSPS) is 12.5. The second-order valence-corrected chi connectivity index (χ2v) is 7.41. The molecule has 0 bridgehead atoms. The molecule has 0 saturated carbocycles. The van der Waals surface area contributed by atoms with E-state index in [1.54, 1.807) is 0 Å². The van der Waals surface area contributed by atoms with Crippen molar-refractivity contribution < 1.29 is 40.3 Å². The number of carbonyl (C=O) groups excluding carboxylic acids is 2. The lowest BCUT2D eigenvalue weighted by molar-refractivity contribution is -0.348. The van der Waals surface area contributed by atoms with Crippen LogP contribution < -0.4 is 16.4 Å². The highest BCUT2D eigenvalue weighted by molar-refractivity contribution is 6.07. The van der Waals surface area contributed by atoms with Gasteiger partial charge in [-0.3, -0.25) is 9.59 Å². The van der Waals surface area contributed by atoms with E-state index in [2.05, 4.69) is 0 Å². The lowest BCUT2D eigenvalue weighted by Gasteiger charge is -2.32. The van der Waals surface area contributed by atoms with Gasteiger partial charge in [-0.2, -0.15) is 26.3 Å². The van der Waals surface area contributed by atoms with Gasteiger partial charge in [-0.15, -0.1) is 0 Å². The van der Waals surface area contributed by atoms with Crippen LogP contribution in [0.15, 0.2) is 36.4 Å². The Bertz CT molecular complexity index is 1030. The van der Waals surface area contributed by atoms with E-state index < -0.39 is 35.4 Å². The van der Waals surface area contributed by atoms with Gasteiger partial charge in [0.25, 0.3) is 5.91 Å². The van der Waals surface area contributed by atoms with E-state index in [0.717, 1.165) is 18.7 Å². The van der Waals surface area contributed by atoms with Crippen LogP contribution in [0.4, 0.5) is 42.1 Å². The third kappa shape index (κ3) is 5.04. The first kappa shape index (κ1) is 25.9. The molecule has 2 aromatic carbocycles. The Kier molecular flexibility index (Phi) is 7.00. The van der Waals surface area contributed by atoms with Crippen molar-refractivity contribution in [3.8, 4) is 0 Å². The summed E-state index contributed by atoms with van der Waals surface area (Å²) in [5.74, 6) is -1.54. The molecule has 0 unspecified atom stereocenters. The summed E-state index contributed by atoms with van der Waals surface area (Å²) in [5, 5.41) is 0. The molecule has 5 nitrogen and oxygen atoms in total. The number of halogens is 7. The third-order valence-corrected chi connectivity index (χ3v) is 4.90. The molecule has 180 valence electrons. The Labute approximate surface area is 184 Å². The Morgan fingerprint density at radius 2 is 1.42 bits per heavy atom. The number of hydrogen-bond donors (Lipinski definition) is 2. The summed E-state index contributed by atoms with van der Waals surface area (Å²) in [6, 6.07) is 6.40. The van der Waals surface area contributed by atoms with Crippen LogP contribution in [0.25, 0.3) is 0 Å². The lowest BCUT2D eigenvalue weighted by atomic mass is 9.90. The minimum absolute atomic E-state index is 0.0489. The highest BCUT2D eigenvalue weighted by Gasteiger charge is 2.73. The van der Waals surface area contributed by atoms with Crippen LogP contribution in [0, 0.1) is 13.8 Å². The second kappa shape index (κ2) is 8.91. The van der Waals surface area contributed by atoms with Crippen LogP contribution in [-0.4, -0.2) is 30.7 Å². The SMILES string of the molecule is Cc1cc(C(F)(C(F)(F)F)C(F)(F)F)cc(C)c1N(CCC(N)=O)C(=O)c1cccc(N)c1. The molecule has 0 aliphatic carbocycles. The zero-order valence-electron chi connectivity index (χ0n) is 17.4. The van der Waals surface area contributed by atoms with Crippen LogP contribution >= 0.6 is 0 Å². The number of hydrogen-bond acceptors (Lipinski definition) is 3. The van der Waals surface area contributed by atoms with Crippen molar-refractivity contribution in [3.05, 3.63) is 58.7 Å². The molecular weight excluding hydrogens is 459 g/mol. The predicted octanol–water partition coefficient (Wildman–Crippen LogP) is 4.70. The van der Waals surface area contributed by atoms with Crippen LogP contribution in [0.1, 0.15) is 33.5 Å². The van der Waals surface area contributed by atoms with Crippen molar-refractivity contribution in [1.29, 1.82) is 0 Å². The van der Waals surface area contributed by atoms with Gasteiger partial charge in [-0.05, 0) is 43.2 Å². The summed E-state index contributed by atoms with van der Waals surface area (Å²) in [7, 11) is 0. The van der Waals surface area contributed by atoms with Crippen molar-refractivity contribution in [2.45, 2.75) is 38.3 Å². The van der Waals surface area contributed by atoms with Gasteiger partial charge in [0, 0.05) is 35.5 Å². The van der Waals surface area contributed by atoms with Crippen molar-refractivity contribution >= 4 is 23.2 Å². The molecule has 0 fully saturated rings. The first-order valence-corrected chi connectivity index (χ1v) is 9.40. The van der Waals surface area contributed by atoms with E-state index in [1.807, 2.05) is 0 Å². The zero-order valence-corrected chi connectivity index (χ0v) is 17.4. The number of nitrogen functional groups attached to an aromatic ring is 1. The zero-order chi connectivity index (χ0) is 25.4. The Morgan fingerprint density at radius 3 is 1.85 bits per heavy atom. The molecule has 0 aromatic heterocycles. The van der Waals surface area contributed by atoms with Crippen molar-refractivity contribution in [2.75, 3.05) is 17.2 Å². The van der Waals surface area contributed by atoms with Crippen LogP contribution in [0.2, 0.25) is 0 Å². The predicted molar refractivity (Wildman–Crippen MR) is 107 cm³/mol. The average molecular weight is 479 g/mol. The summed E-state index contributed by atoms with van der Waals surface area (Å²) < 4.78 is 93.6. The fraction of sp³-hybridized carbons (Fsp3) is 0.333. The molecule has 33 heavy (non-hydrogen) atoms. The van der Waals surface area contributed by atoms with Crippen LogP contribution in [0.5, 0.6) is 0 Å². The summed E-state index contributed by atoms with van der Waals surface area (Å²) in [4.78, 5) is 25.4. The third-order valence-electron chi connectivity index (χ3n) is 4.90. The van der Waals surface area contributed by atoms with Gasteiger partial charge in [0.15, 0.2) is 0 Å². The molecule has 0 atom stereocenters. The maximum Gasteiger partial charge on any atom is 0.435 e. The number of nitrogens with two attached hydrogens (primary N) is 2. The number of alkyl halides is 7. The first-order valence-electron chi connectivity index (χ1n) is 9.40. The van der Waals surface area contributed by atoms with Crippen molar-refractivity contribution in [2.24, 2.45) is 5.73 Å². The van der Waals surface area contributed by atoms with Gasteiger partial charge in [0.05, 0.1) is 0 Å². The first-order chi connectivity index (χ1) is 15.0.